The molecule has 28 heavy (non-hydrogen) atoms. The lowest BCUT2D eigenvalue weighted by molar-refractivity contribution is 0.101. The molecular formula is C22H22N4O2. The van der Waals surface area contributed by atoms with Crippen molar-refractivity contribution in [3.05, 3.63) is 83.7 Å². The summed E-state index contributed by atoms with van der Waals surface area (Å²) in [6.07, 6.45) is 0. The van der Waals surface area contributed by atoms with Crippen LogP contribution in [-0.4, -0.2) is 30.9 Å². The lowest BCUT2D eigenvalue weighted by Crippen LogP contribution is -2.18. The average molecular weight is 374 g/mol. The molecule has 0 radical (unpaired) electrons. The summed E-state index contributed by atoms with van der Waals surface area (Å²) in [6, 6.07) is 19.7. The Bertz CT molecular complexity index is 997. The van der Waals surface area contributed by atoms with Gasteiger partial charge in [-0.3, -0.25) is 9.59 Å². The average Bonchev–Trinajstić information content (AvgIpc) is 2.68. The molecule has 0 spiro atoms. The number of rotatable bonds is 5. The number of benzene rings is 2. The number of carbonyl (C=O) groups excluding carboxylic acids is 2. The van der Waals surface area contributed by atoms with E-state index >= 15 is 0 Å². The van der Waals surface area contributed by atoms with E-state index in [0.717, 1.165) is 11.3 Å². The topological polar surface area (TPSA) is 74.3 Å². The predicted octanol–water partition coefficient (Wildman–Crippen LogP) is 3.96. The molecule has 0 bridgehead atoms. The first-order valence-electron chi connectivity index (χ1n) is 8.86. The Kier molecular flexibility index (Phi) is 5.69. The van der Waals surface area contributed by atoms with Gasteiger partial charge in [-0.1, -0.05) is 18.2 Å². The van der Waals surface area contributed by atoms with Crippen LogP contribution in [0.1, 0.15) is 26.5 Å². The number of hydrogen-bond donors (Lipinski definition) is 2. The van der Waals surface area contributed by atoms with Crippen LogP contribution in [0.2, 0.25) is 0 Å². The molecule has 0 saturated carbocycles. The van der Waals surface area contributed by atoms with Gasteiger partial charge in [0, 0.05) is 31.2 Å². The summed E-state index contributed by atoms with van der Waals surface area (Å²) in [7, 11) is 3.90. The summed E-state index contributed by atoms with van der Waals surface area (Å²) in [5, 5.41) is 5.59. The van der Waals surface area contributed by atoms with Gasteiger partial charge < -0.3 is 15.5 Å². The zero-order chi connectivity index (χ0) is 20.1. The fraction of sp³-hybridized carbons (Fsp3) is 0.136. The highest BCUT2D eigenvalue weighted by molar-refractivity contribution is 6.06. The molecule has 6 heteroatoms. The summed E-state index contributed by atoms with van der Waals surface area (Å²) in [4.78, 5) is 31.1. The third kappa shape index (κ3) is 4.73. The second-order valence-electron chi connectivity index (χ2n) is 6.63. The third-order valence-electron chi connectivity index (χ3n) is 4.13. The lowest BCUT2D eigenvalue weighted by atomic mass is 10.2. The van der Waals surface area contributed by atoms with Gasteiger partial charge in [0.2, 0.25) is 0 Å². The largest absolute Gasteiger partial charge is 0.378 e. The summed E-state index contributed by atoms with van der Waals surface area (Å²) >= 11 is 0. The van der Waals surface area contributed by atoms with Gasteiger partial charge in [-0.15, -0.1) is 0 Å². The molecule has 0 aliphatic heterocycles. The molecule has 0 fully saturated rings. The van der Waals surface area contributed by atoms with Crippen molar-refractivity contribution in [2.24, 2.45) is 0 Å². The Labute approximate surface area is 164 Å². The van der Waals surface area contributed by atoms with Gasteiger partial charge in [-0.05, 0) is 61.0 Å². The zero-order valence-corrected chi connectivity index (χ0v) is 16.1. The van der Waals surface area contributed by atoms with Crippen molar-refractivity contribution < 1.29 is 9.59 Å². The molecule has 2 N–H and O–H groups in total. The van der Waals surface area contributed by atoms with E-state index in [1.807, 2.05) is 68.4 Å². The van der Waals surface area contributed by atoms with Crippen LogP contribution in [0.5, 0.6) is 0 Å². The molecule has 0 aliphatic carbocycles. The minimum atomic E-state index is -0.372. The molecule has 0 atom stereocenters. The highest BCUT2D eigenvalue weighted by Crippen LogP contribution is 2.16. The quantitative estimate of drug-likeness (QED) is 0.709. The fourth-order valence-corrected chi connectivity index (χ4v) is 2.64. The first-order valence-corrected chi connectivity index (χ1v) is 8.86. The summed E-state index contributed by atoms with van der Waals surface area (Å²) in [6.45, 7) is 1.95. The van der Waals surface area contributed by atoms with Crippen LogP contribution >= 0.6 is 0 Å². The van der Waals surface area contributed by atoms with Crippen LogP contribution in [-0.2, 0) is 0 Å². The molecule has 0 aliphatic rings. The highest BCUT2D eigenvalue weighted by Gasteiger charge is 2.13. The molecule has 2 amide bonds. The van der Waals surface area contributed by atoms with Gasteiger partial charge in [-0.25, -0.2) is 4.98 Å². The second-order valence-corrected chi connectivity index (χ2v) is 6.63. The number of amides is 2. The van der Waals surface area contributed by atoms with Crippen LogP contribution < -0.4 is 15.5 Å². The van der Waals surface area contributed by atoms with Gasteiger partial charge in [0.15, 0.2) is 0 Å². The van der Waals surface area contributed by atoms with Gasteiger partial charge in [0.05, 0.1) is 0 Å². The van der Waals surface area contributed by atoms with Crippen LogP contribution in [0.3, 0.4) is 0 Å². The number of carbonyl (C=O) groups is 2. The van der Waals surface area contributed by atoms with E-state index in [1.54, 1.807) is 24.3 Å². The predicted molar refractivity (Wildman–Crippen MR) is 112 cm³/mol. The minimum absolute atomic E-state index is 0.175. The van der Waals surface area contributed by atoms with Crippen LogP contribution in [0.4, 0.5) is 17.1 Å². The van der Waals surface area contributed by atoms with Crippen LogP contribution in [0, 0.1) is 6.92 Å². The van der Waals surface area contributed by atoms with E-state index in [1.165, 1.54) is 0 Å². The maximum absolute atomic E-state index is 12.5. The molecule has 3 rings (SSSR count). The van der Waals surface area contributed by atoms with E-state index in [-0.39, 0.29) is 23.2 Å². The Morgan fingerprint density at radius 3 is 1.93 bits per heavy atom. The summed E-state index contributed by atoms with van der Waals surface area (Å²) < 4.78 is 0. The first kappa shape index (κ1) is 19.1. The van der Waals surface area contributed by atoms with Gasteiger partial charge in [-0.2, -0.15) is 0 Å². The first-order chi connectivity index (χ1) is 13.4. The fourth-order valence-electron chi connectivity index (χ4n) is 2.64. The van der Waals surface area contributed by atoms with Crippen molar-refractivity contribution in [3.63, 3.8) is 0 Å². The zero-order valence-electron chi connectivity index (χ0n) is 16.1. The second kappa shape index (κ2) is 8.35. The van der Waals surface area contributed by atoms with E-state index < -0.39 is 0 Å². The molecule has 1 aromatic heterocycles. The van der Waals surface area contributed by atoms with Gasteiger partial charge in [0.1, 0.15) is 11.4 Å². The summed E-state index contributed by atoms with van der Waals surface area (Å²) in [5.74, 6) is -0.738. The number of anilines is 3. The standard InChI is InChI=1S/C22H22N4O2/c1-15-6-4-7-17(14-15)24-22(28)20-9-5-8-19(25-20)21(27)23-16-10-12-18(13-11-16)26(2)3/h4-14H,1-3H3,(H,23,27)(H,24,28). The van der Waals surface area contributed by atoms with Crippen molar-refractivity contribution in [2.45, 2.75) is 6.92 Å². The molecule has 1 heterocycles. The molecule has 3 aromatic rings. The smallest absolute Gasteiger partial charge is 0.274 e. The Balaban J connectivity index is 1.71. The van der Waals surface area contributed by atoms with Crippen molar-refractivity contribution in [1.29, 1.82) is 0 Å². The van der Waals surface area contributed by atoms with Crippen LogP contribution in [0.15, 0.2) is 66.7 Å². The number of nitrogens with one attached hydrogen (secondary N) is 2. The van der Waals surface area contributed by atoms with E-state index in [4.69, 9.17) is 0 Å². The van der Waals surface area contributed by atoms with Crippen LogP contribution in [0.25, 0.3) is 0 Å². The maximum Gasteiger partial charge on any atom is 0.274 e. The van der Waals surface area contributed by atoms with Crippen molar-refractivity contribution in [2.75, 3.05) is 29.6 Å². The molecule has 6 nitrogen and oxygen atoms in total. The van der Waals surface area contributed by atoms with Crippen molar-refractivity contribution >= 4 is 28.9 Å². The highest BCUT2D eigenvalue weighted by atomic mass is 16.2. The SMILES string of the molecule is Cc1cccc(NC(=O)c2cccc(C(=O)Nc3ccc(N(C)C)cc3)n2)c1. The normalized spacial score (nSPS) is 10.2. The van der Waals surface area contributed by atoms with E-state index in [9.17, 15) is 9.59 Å². The molecular weight excluding hydrogens is 352 g/mol. The number of aryl methyl sites for hydroxylation is 1. The maximum atomic E-state index is 12.5. The third-order valence-corrected chi connectivity index (χ3v) is 4.13. The Hall–Kier alpha value is -3.67. The van der Waals surface area contributed by atoms with Crippen molar-refractivity contribution in [3.8, 4) is 0 Å². The number of pyridine rings is 1. The van der Waals surface area contributed by atoms with Crippen molar-refractivity contribution in [1.82, 2.24) is 4.98 Å². The monoisotopic (exact) mass is 374 g/mol. The summed E-state index contributed by atoms with van der Waals surface area (Å²) in [5.41, 5.74) is 3.77. The van der Waals surface area contributed by atoms with Gasteiger partial charge in [0.25, 0.3) is 11.8 Å². The molecule has 142 valence electrons. The Morgan fingerprint density at radius 2 is 1.36 bits per heavy atom. The van der Waals surface area contributed by atoms with E-state index in [2.05, 4.69) is 15.6 Å². The van der Waals surface area contributed by atoms with E-state index in [0.29, 0.717) is 11.4 Å². The Morgan fingerprint density at radius 1 is 0.786 bits per heavy atom. The minimum Gasteiger partial charge on any atom is -0.378 e. The molecule has 0 saturated heterocycles. The van der Waals surface area contributed by atoms with Gasteiger partial charge >= 0.3 is 0 Å². The lowest BCUT2D eigenvalue weighted by Gasteiger charge is -2.13. The number of nitrogens with zero attached hydrogens (tertiary/aromatic N) is 2. The number of hydrogen-bond acceptors (Lipinski definition) is 4. The molecule has 0 unspecified atom stereocenters. The number of aromatic nitrogens is 1. The molecule has 2 aromatic carbocycles.